The molecule has 2 fully saturated rings. The number of ketones is 1. The molecule has 0 bridgehead atoms. The molecule has 3 heterocycles. The highest BCUT2D eigenvalue weighted by molar-refractivity contribution is 7.20. The van der Waals surface area contributed by atoms with Crippen LogP contribution in [0.3, 0.4) is 0 Å². The number of carbonyl (C=O) groups excluding carboxylic acids is 3. The van der Waals surface area contributed by atoms with Gasteiger partial charge in [-0.2, -0.15) is 0 Å². The van der Waals surface area contributed by atoms with Gasteiger partial charge in [-0.3, -0.25) is 14.4 Å². The number of amides is 2. The molecule has 5 rings (SSSR count). The number of carbonyl (C=O) groups is 3. The summed E-state index contributed by atoms with van der Waals surface area (Å²) in [6, 6.07) is 14.7. The van der Waals surface area contributed by atoms with Gasteiger partial charge in [-0.05, 0) is 48.1 Å². The minimum absolute atomic E-state index is 0.0237. The number of likely N-dealkylation sites (tertiary alicyclic amines) is 1. The first-order valence-electron chi connectivity index (χ1n) is 11.0. The van der Waals surface area contributed by atoms with Crippen LogP contribution in [0.15, 0.2) is 54.6 Å². The number of benzene rings is 2. The van der Waals surface area contributed by atoms with Crippen LogP contribution in [-0.4, -0.2) is 58.9 Å². The zero-order chi connectivity index (χ0) is 22.9. The molecule has 8 heteroatoms. The lowest BCUT2D eigenvalue weighted by Gasteiger charge is -2.37. The highest BCUT2D eigenvalue weighted by Crippen LogP contribution is 2.28. The van der Waals surface area contributed by atoms with Crippen molar-refractivity contribution in [2.24, 2.45) is 0 Å². The first kappa shape index (κ1) is 21.6. The highest BCUT2D eigenvalue weighted by Gasteiger charge is 2.45. The van der Waals surface area contributed by atoms with Crippen LogP contribution < -0.4 is 5.32 Å². The Labute approximate surface area is 195 Å². The van der Waals surface area contributed by atoms with Crippen LogP contribution >= 0.6 is 11.3 Å². The summed E-state index contributed by atoms with van der Waals surface area (Å²) >= 11 is 1.37. The van der Waals surface area contributed by atoms with Crippen LogP contribution in [-0.2, 0) is 20.7 Å². The molecule has 7 nitrogen and oxygen atoms in total. The van der Waals surface area contributed by atoms with E-state index in [1.165, 1.54) is 11.3 Å². The summed E-state index contributed by atoms with van der Waals surface area (Å²) in [6.07, 6.45) is 1.47. The summed E-state index contributed by atoms with van der Waals surface area (Å²) in [4.78, 5) is 41.4. The topological polar surface area (TPSA) is 95.9 Å². The molecule has 2 saturated heterocycles. The summed E-state index contributed by atoms with van der Waals surface area (Å²) in [5, 5.41) is 13.5. The molecular weight excluding hydrogens is 440 g/mol. The largest absolute Gasteiger partial charge is 0.508 e. The third kappa shape index (κ3) is 4.36. The lowest BCUT2D eigenvalue weighted by molar-refractivity contribution is -0.142. The van der Waals surface area contributed by atoms with Crippen LogP contribution in [0.1, 0.15) is 28.1 Å². The molecule has 0 saturated carbocycles. The third-order valence-corrected chi connectivity index (χ3v) is 7.37. The molecule has 33 heavy (non-hydrogen) atoms. The second-order valence-electron chi connectivity index (χ2n) is 8.48. The van der Waals surface area contributed by atoms with Crippen molar-refractivity contribution in [3.05, 3.63) is 65.0 Å². The van der Waals surface area contributed by atoms with Crippen molar-refractivity contribution >= 4 is 39.0 Å². The van der Waals surface area contributed by atoms with Gasteiger partial charge in [0.15, 0.2) is 5.78 Å². The zero-order valence-electron chi connectivity index (χ0n) is 17.9. The number of fused-ring (bicyclic) bond motifs is 2. The number of piperidine rings is 1. The standard InChI is InChI=1S/C25H24N2O5S/c28-17-9-7-15(8-10-17)12-18(25(31)27-11-3-5-20-23(27)19(29)14-32-20)26-24(30)22-13-16-4-1-2-6-21(16)33-22/h1-2,4,6-10,13,18,20,23,28H,3,5,11-12,14H2,(H,26,30)/t18-,20?,23?/m0/s1. The van der Waals surface area contributed by atoms with Gasteiger partial charge in [-0.25, -0.2) is 0 Å². The van der Waals surface area contributed by atoms with E-state index in [0.717, 1.165) is 28.5 Å². The summed E-state index contributed by atoms with van der Waals surface area (Å²) < 4.78 is 6.58. The molecule has 2 aromatic carbocycles. The maximum atomic E-state index is 13.7. The van der Waals surface area contributed by atoms with Crippen molar-refractivity contribution in [1.82, 2.24) is 10.2 Å². The highest BCUT2D eigenvalue weighted by atomic mass is 32.1. The Balaban J connectivity index is 1.42. The van der Waals surface area contributed by atoms with Crippen molar-refractivity contribution in [3.8, 4) is 5.75 Å². The van der Waals surface area contributed by atoms with E-state index >= 15 is 0 Å². The van der Waals surface area contributed by atoms with Crippen molar-refractivity contribution in [3.63, 3.8) is 0 Å². The number of nitrogens with one attached hydrogen (secondary N) is 1. The van der Waals surface area contributed by atoms with Crippen LogP contribution in [0.5, 0.6) is 5.75 Å². The quantitative estimate of drug-likeness (QED) is 0.605. The van der Waals surface area contributed by atoms with E-state index in [1.807, 2.05) is 30.3 Å². The summed E-state index contributed by atoms with van der Waals surface area (Å²) in [5.74, 6) is -0.572. The number of aromatic hydroxyl groups is 1. The van der Waals surface area contributed by atoms with Gasteiger partial charge in [0.05, 0.1) is 11.0 Å². The summed E-state index contributed by atoms with van der Waals surface area (Å²) in [6.45, 7) is 0.482. The number of rotatable bonds is 5. The molecule has 0 aliphatic carbocycles. The maximum Gasteiger partial charge on any atom is 0.262 e. The van der Waals surface area contributed by atoms with E-state index in [9.17, 15) is 19.5 Å². The molecule has 2 amide bonds. The Morgan fingerprint density at radius 3 is 2.76 bits per heavy atom. The monoisotopic (exact) mass is 464 g/mol. The second-order valence-corrected chi connectivity index (χ2v) is 9.56. The fraction of sp³-hybridized carbons (Fsp3) is 0.320. The molecule has 170 valence electrons. The van der Waals surface area contributed by atoms with Crippen LogP contribution in [0, 0.1) is 0 Å². The number of ether oxygens (including phenoxy) is 1. The SMILES string of the molecule is O=C(N[C@@H](Cc1ccc(O)cc1)C(=O)N1CCCC2OCC(=O)C21)c1cc2ccccc2s1. The molecule has 0 radical (unpaired) electrons. The lowest BCUT2D eigenvalue weighted by atomic mass is 9.95. The van der Waals surface area contributed by atoms with Gasteiger partial charge in [0.1, 0.15) is 24.4 Å². The molecule has 2 N–H and O–H groups in total. The molecule has 1 aromatic heterocycles. The lowest BCUT2D eigenvalue weighted by Crippen LogP contribution is -2.58. The van der Waals surface area contributed by atoms with Crippen molar-refractivity contribution in [2.45, 2.75) is 37.5 Å². The molecular formula is C25H24N2O5S. The van der Waals surface area contributed by atoms with Gasteiger partial charge in [-0.15, -0.1) is 11.3 Å². The Kier molecular flexibility index (Phi) is 5.86. The second kappa shape index (κ2) is 8.96. The van der Waals surface area contributed by atoms with E-state index in [0.29, 0.717) is 11.4 Å². The average molecular weight is 465 g/mol. The van der Waals surface area contributed by atoms with Crippen molar-refractivity contribution in [1.29, 1.82) is 0 Å². The number of hydrogen-bond acceptors (Lipinski definition) is 6. The number of Topliss-reactive ketones (excluding diaryl/α,β-unsaturated/α-hetero) is 1. The number of nitrogens with zero attached hydrogens (tertiary/aromatic N) is 1. The smallest absolute Gasteiger partial charge is 0.262 e. The fourth-order valence-corrected chi connectivity index (χ4v) is 5.59. The van der Waals surface area contributed by atoms with E-state index < -0.39 is 12.1 Å². The molecule has 0 spiro atoms. The van der Waals surface area contributed by atoms with Crippen LogP contribution in [0.2, 0.25) is 0 Å². The van der Waals surface area contributed by atoms with E-state index in [-0.39, 0.29) is 42.5 Å². The first-order valence-corrected chi connectivity index (χ1v) is 11.8. The number of thiophene rings is 1. The molecule has 3 atom stereocenters. The van der Waals surface area contributed by atoms with Crippen LogP contribution in [0.25, 0.3) is 10.1 Å². The Bertz CT molecular complexity index is 1170. The number of phenols is 1. The Morgan fingerprint density at radius 1 is 1.18 bits per heavy atom. The van der Waals surface area contributed by atoms with E-state index in [2.05, 4.69) is 5.32 Å². The Hall–Kier alpha value is -3.23. The van der Waals surface area contributed by atoms with Crippen molar-refractivity contribution in [2.75, 3.05) is 13.2 Å². The zero-order valence-corrected chi connectivity index (χ0v) is 18.7. The summed E-state index contributed by atoms with van der Waals surface area (Å²) in [5.41, 5.74) is 0.797. The van der Waals surface area contributed by atoms with Crippen LogP contribution in [0.4, 0.5) is 0 Å². The third-order valence-electron chi connectivity index (χ3n) is 6.26. The van der Waals surface area contributed by atoms with Gasteiger partial charge in [0, 0.05) is 17.7 Å². The van der Waals surface area contributed by atoms with Gasteiger partial charge >= 0.3 is 0 Å². The fourth-order valence-electron chi connectivity index (χ4n) is 4.63. The van der Waals surface area contributed by atoms with E-state index in [1.54, 1.807) is 29.2 Å². The number of phenolic OH excluding ortho intramolecular Hbond substituents is 1. The predicted molar refractivity (Wildman–Crippen MR) is 124 cm³/mol. The minimum Gasteiger partial charge on any atom is -0.508 e. The Morgan fingerprint density at radius 2 is 1.97 bits per heavy atom. The normalized spacial score (nSPS) is 21.1. The number of hydrogen-bond donors (Lipinski definition) is 2. The summed E-state index contributed by atoms with van der Waals surface area (Å²) in [7, 11) is 0. The van der Waals surface area contributed by atoms with Gasteiger partial charge in [0.25, 0.3) is 5.91 Å². The maximum absolute atomic E-state index is 13.7. The first-order chi connectivity index (χ1) is 16.0. The van der Waals surface area contributed by atoms with Gasteiger partial charge in [0.2, 0.25) is 5.91 Å². The van der Waals surface area contributed by atoms with Crippen molar-refractivity contribution < 1.29 is 24.2 Å². The molecule has 2 aliphatic rings. The molecule has 2 aliphatic heterocycles. The molecule has 2 unspecified atom stereocenters. The average Bonchev–Trinajstić information content (AvgIpc) is 3.43. The van der Waals surface area contributed by atoms with Gasteiger partial charge in [-0.1, -0.05) is 30.3 Å². The van der Waals surface area contributed by atoms with E-state index in [4.69, 9.17) is 4.74 Å². The minimum atomic E-state index is -0.848. The molecule has 3 aromatic rings. The van der Waals surface area contributed by atoms with Gasteiger partial charge < -0.3 is 20.1 Å². The predicted octanol–water partition coefficient (Wildman–Crippen LogP) is 2.91.